The molecule has 1 N–H and O–H groups in total. The van der Waals surface area contributed by atoms with Gasteiger partial charge in [-0.05, 0) is 41.2 Å². The zero-order valence-corrected chi connectivity index (χ0v) is 13.5. The molecule has 0 spiro atoms. The van der Waals surface area contributed by atoms with E-state index in [1.165, 1.54) is 0 Å². The molecule has 0 aromatic rings. The summed E-state index contributed by atoms with van der Waals surface area (Å²) in [7, 11) is 1.91. The van der Waals surface area contributed by atoms with E-state index in [2.05, 4.69) is 19.2 Å². The Morgan fingerprint density at radius 1 is 1.05 bits per heavy atom. The van der Waals surface area contributed by atoms with E-state index >= 15 is 0 Å². The van der Waals surface area contributed by atoms with Crippen LogP contribution in [0.25, 0.3) is 0 Å². The van der Waals surface area contributed by atoms with E-state index in [1.54, 1.807) is 0 Å². The van der Waals surface area contributed by atoms with Gasteiger partial charge in [-0.3, -0.25) is 4.79 Å². The van der Waals surface area contributed by atoms with Crippen molar-refractivity contribution in [3.63, 3.8) is 0 Å². The summed E-state index contributed by atoms with van der Waals surface area (Å²) in [6, 6.07) is 0. The molecule has 0 amide bonds. The Hall–Kier alpha value is -0.450. The summed E-state index contributed by atoms with van der Waals surface area (Å²) in [5, 5.41) is 3.05. The van der Waals surface area contributed by atoms with E-state index in [0.717, 1.165) is 13.0 Å². The monoisotopic (exact) mass is 273 g/mol. The first kappa shape index (κ1) is 18.6. The van der Waals surface area contributed by atoms with Gasteiger partial charge in [0.05, 0.1) is 24.4 Å². The Labute approximate surface area is 118 Å². The number of nitrogens with one attached hydrogen (secondary N) is 1. The molecule has 0 aromatic carbocycles. The van der Waals surface area contributed by atoms with E-state index in [-0.39, 0.29) is 17.0 Å². The minimum atomic E-state index is -0.381. The van der Waals surface area contributed by atoms with Crippen molar-refractivity contribution >= 4 is 5.78 Å². The first-order valence-corrected chi connectivity index (χ1v) is 7.16. The molecule has 114 valence electrons. The Balaban J connectivity index is 3.95. The van der Waals surface area contributed by atoms with Crippen LogP contribution in [-0.4, -0.2) is 43.8 Å². The second kappa shape index (κ2) is 8.67. The van der Waals surface area contributed by atoms with Crippen LogP contribution in [0, 0.1) is 0 Å². The smallest absolute Gasteiger partial charge is 0.135 e. The van der Waals surface area contributed by atoms with Crippen LogP contribution in [0.3, 0.4) is 0 Å². The molecule has 0 unspecified atom stereocenters. The molecule has 0 aliphatic heterocycles. The van der Waals surface area contributed by atoms with Crippen LogP contribution in [0.5, 0.6) is 0 Å². The number of ether oxygens (including phenoxy) is 2. The Morgan fingerprint density at radius 2 is 1.63 bits per heavy atom. The van der Waals surface area contributed by atoms with Crippen LogP contribution in [0.2, 0.25) is 0 Å². The van der Waals surface area contributed by atoms with Crippen molar-refractivity contribution < 1.29 is 14.3 Å². The highest BCUT2D eigenvalue weighted by Crippen LogP contribution is 2.20. The van der Waals surface area contributed by atoms with Crippen LogP contribution in [0.4, 0.5) is 0 Å². The van der Waals surface area contributed by atoms with Crippen molar-refractivity contribution in [2.75, 3.05) is 26.8 Å². The van der Waals surface area contributed by atoms with Gasteiger partial charge in [0.15, 0.2) is 0 Å². The van der Waals surface area contributed by atoms with E-state index in [0.29, 0.717) is 26.1 Å². The summed E-state index contributed by atoms with van der Waals surface area (Å²) in [5.41, 5.74) is -0.574. The van der Waals surface area contributed by atoms with Crippen molar-refractivity contribution in [1.29, 1.82) is 0 Å². The van der Waals surface area contributed by atoms with Gasteiger partial charge in [-0.25, -0.2) is 0 Å². The van der Waals surface area contributed by atoms with Gasteiger partial charge in [0.1, 0.15) is 5.78 Å². The molecule has 0 radical (unpaired) electrons. The number of carbonyl (C=O) groups is 1. The van der Waals surface area contributed by atoms with E-state index in [4.69, 9.17) is 9.47 Å². The van der Waals surface area contributed by atoms with Crippen molar-refractivity contribution in [2.24, 2.45) is 0 Å². The Morgan fingerprint density at radius 3 is 2.16 bits per heavy atom. The summed E-state index contributed by atoms with van der Waals surface area (Å²) < 4.78 is 11.6. The maximum atomic E-state index is 11.5. The van der Waals surface area contributed by atoms with Crippen molar-refractivity contribution in [3.8, 4) is 0 Å². The zero-order valence-electron chi connectivity index (χ0n) is 13.5. The zero-order chi connectivity index (χ0) is 14.9. The molecule has 0 fully saturated rings. The topological polar surface area (TPSA) is 47.6 Å². The van der Waals surface area contributed by atoms with Gasteiger partial charge in [0.25, 0.3) is 0 Å². The summed E-state index contributed by atoms with van der Waals surface area (Å²) in [6.07, 6.45) is 1.87. The molecule has 0 atom stereocenters. The quantitative estimate of drug-likeness (QED) is 0.588. The van der Waals surface area contributed by atoms with E-state index in [9.17, 15) is 4.79 Å². The molecule has 0 saturated carbocycles. The lowest BCUT2D eigenvalue weighted by molar-refractivity contribution is -0.126. The maximum absolute atomic E-state index is 11.5. The average Bonchev–Trinajstić information content (AvgIpc) is 2.27. The Bertz CT molecular complexity index is 262. The number of hydrogen-bond donors (Lipinski definition) is 1. The highest BCUT2D eigenvalue weighted by atomic mass is 16.5. The lowest BCUT2D eigenvalue weighted by atomic mass is 10.00. The molecule has 4 nitrogen and oxygen atoms in total. The third-order valence-corrected chi connectivity index (χ3v) is 3.06. The highest BCUT2D eigenvalue weighted by Gasteiger charge is 2.24. The first-order valence-electron chi connectivity index (χ1n) is 7.16. The minimum Gasteiger partial charge on any atom is -0.375 e. The van der Waals surface area contributed by atoms with E-state index < -0.39 is 0 Å². The third-order valence-electron chi connectivity index (χ3n) is 3.06. The molecule has 0 saturated heterocycles. The van der Waals surface area contributed by atoms with Gasteiger partial charge in [0, 0.05) is 19.4 Å². The number of rotatable bonds is 11. The second-order valence-corrected chi connectivity index (χ2v) is 6.14. The van der Waals surface area contributed by atoms with Crippen molar-refractivity contribution in [2.45, 2.75) is 65.1 Å². The van der Waals surface area contributed by atoms with E-state index in [1.807, 2.05) is 27.8 Å². The van der Waals surface area contributed by atoms with Gasteiger partial charge in [-0.15, -0.1) is 0 Å². The van der Waals surface area contributed by atoms with Crippen molar-refractivity contribution in [3.05, 3.63) is 0 Å². The summed E-state index contributed by atoms with van der Waals surface area (Å²) in [5.74, 6) is 0.245. The SMILES string of the molecule is CCC(=O)CC(C)(C)OCCC(C)(C)OCCNC. The number of ketones is 1. The molecule has 0 heterocycles. The largest absolute Gasteiger partial charge is 0.375 e. The van der Waals surface area contributed by atoms with Gasteiger partial charge in [-0.1, -0.05) is 6.92 Å². The first-order chi connectivity index (χ1) is 8.72. The van der Waals surface area contributed by atoms with Gasteiger partial charge in [-0.2, -0.15) is 0 Å². The summed E-state index contributed by atoms with van der Waals surface area (Å²) in [4.78, 5) is 11.5. The average molecular weight is 273 g/mol. The molecule has 19 heavy (non-hydrogen) atoms. The lowest BCUT2D eigenvalue weighted by Gasteiger charge is -2.29. The number of hydrogen-bond acceptors (Lipinski definition) is 4. The molecule has 0 aromatic heterocycles. The lowest BCUT2D eigenvalue weighted by Crippen LogP contribution is -2.33. The number of carbonyl (C=O) groups excluding carboxylic acids is 1. The fraction of sp³-hybridized carbons (Fsp3) is 0.933. The van der Waals surface area contributed by atoms with Crippen LogP contribution in [-0.2, 0) is 14.3 Å². The molecule has 0 rings (SSSR count). The highest BCUT2D eigenvalue weighted by molar-refractivity contribution is 5.78. The van der Waals surface area contributed by atoms with Gasteiger partial charge < -0.3 is 14.8 Å². The third kappa shape index (κ3) is 10.0. The molecule has 0 bridgehead atoms. The molecular formula is C15H31NO3. The number of likely N-dealkylation sites (N-methyl/N-ethyl adjacent to an activating group) is 1. The standard InChI is InChI=1S/C15H31NO3/c1-7-13(17)12-15(4,5)18-10-8-14(2,3)19-11-9-16-6/h16H,7-12H2,1-6H3. The van der Waals surface area contributed by atoms with Crippen LogP contribution < -0.4 is 5.32 Å². The molecule has 4 heteroatoms. The minimum absolute atomic E-state index is 0.193. The second-order valence-electron chi connectivity index (χ2n) is 6.14. The van der Waals surface area contributed by atoms with Crippen LogP contribution in [0.1, 0.15) is 53.9 Å². The molecular weight excluding hydrogens is 242 g/mol. The fourth-order valence-electron chi connectivity index (χ4n) is 1.73. The predicted octanol–water partition coefficient (Wildman–Crippen LogP) is 2.56. The van der Waals surface area contributed by atoms with Gasteiger partial charge >= 0.3 is 0 Å². The van der Waals surface area contributed by atoms with Crippen LogP contribution >= 0.6 is 0 Å². The molecule has 0 aliphatic rings. The predicted molar refractivity (Wildman–Crippen MR) is 78.5 cm³/mol. The maximum Gasteiger partial charge on any atom is 0.135 e. The van der Waals surface area contributed by atoms with Crippen LogP contribution in [0.15, 0.2) is 0 Å². The Kier molecular flexibility index (Phi) is 8.46. The van der Waals surface area contributed by atoms with Gasteiger partial charge in [0.2, 0.25) is 0 Å². The van der Waals surface area contributed by atoms with Crippen molar-refractivity contribution in [1.82, 2.24) is 5.32 Å². The number of Topliss-reactive ketones (excluding diaryl/α,β-unsaturated/α-hetero) is 1. The summed E-state index contributed by atoms with van der Waals surface area (Å²) >= 11 is 0. The summed E-state index contributed by atoms with van der Waals surface area (Å²) in [6.45, 7) is 12.1. The fourth-order valence-corrected chi connectivity index (χ4v) is 1.73. The normalized spacial score (nSPS) is 12.7. The molecule has 0 aliphatic carbocycles.